The van der Waals surface area contributed by atoms with Crippen LogP contribution in [-0.2, 0) is 4.79 Å². The van der Waals surface area contributed by atoms with Gasteiger partial charge < -0.3 is 25.4 Å². The van der Waals surface area contributed by atoms with Crippen LogP contribution in [0.2, 0.25) is 0 Å². The number of carbonyl (C=O) groups excluding carboxylic acids is 2. The Bertz CT molecular complexity index is 784. The van der Waals surface area contributed by atoms with E-state index in [0.29, 0.717) is 16.9 Å². The maximum absolute atomic E-state index is 12.4. The summed E-state index contributed by atoms with van der Waals surface area (Å²) >= 11 is 0. The average Bonchev–Trinajstić information content (AvgIpc) is 2.72. The molecule has 0 saturated carbocycles. The monoisotopic (exact) mass is 415 g/mol. The fourth-order valence-corrected chi connectivity index (χ4v) is 2.31. The van der Waals surface area contributed by atoms with Crippen molar-refractivity contribution < 1.29 is 24.4 Å². The summed E-state index contributed by atoms with van der Waals surface area (Å²) in [6, 6.07) is 9.64. The van der Waals surface area contributed by atoms with Crippen LogP contribution in [0.3, 0.4) is 0 Å². The molecule has 8 nitrogen and oxygen atoms in total. The highest BCUT2D eigenvalue weighted by molar-refractivity contribution is 6.41. The molecule has 2 amide bonds. The van der Waals surface area contributed by atoms with E-state index < -0.39 is 19.1 Å². The quantitative estimate of drug-likeness (QED) is 0.488. The van der Waals surface area contributed by atoms with Crippen molar-refractivity contribution in [3.8, 4) is 5.75 Å². The van der Waals surface area contributed by atoms with E-state index in [-0.39, 0.29) is 18.8 Å². The molecule has 4 N–H and O–H groups in total. The maximum Gasteiger partial charge on any atom is 0.472 e. The van der Waals surface area contributed by atoms with Crippen LogP contribution in [0.1, 0.15) is 49.2 Å². The van der Waals surface area contributed by atoms with Gasteiger partial charge in [-0.25, -0.2) is 0 Å². The van der Waals surface area contributed by atoms with Gasteiger partial charge in [0.15, 0.2) is 0 Å². The third-order valence-electron chi connectivity index (χ3n) is 3.60. The van der Waals surface area contributed by atoms with Crippen LogP contribution in [0.4, 0.5) is 0 Å². The van der Waals surface area contributed by atoms with E-state index in [2.05, 4.69) is 36.4 Å². The molecule has 0 aliphatic carbocycles. The Kier molecular flexibility index (Phi) is 11.2. The van der Waals surface area contributed by atoms with E-state index in [1.807, 2.05) is 0 Å². The molecule has 1 aromatic carbocycles. The zero-order chi connectivity index (χ0) is 22.5. The molecule has 1 atom stereocenters. The van der Waals surface area contributed by atoms with Gasteiger partial charge >= 0.3 is 7.12 Å². The van der Waals surface area contributed by atoms with Crippen molar-refractivity contribution in [3.63, 3.8) is 0 Å². The fraction of sp³-hybridized carbons (Fsp3) is 0.381. The molecule has 0 aliphatic rings. The lowest BCUT2D eigenvalue weighted by atomic mass is 9.92. The summed E-state index contributed by atoms with van der Waals surface area (Å²) in [6.45, 7) is 6.50. The molecule has 30 heavy (non-hydrogen) atoms. The van der Waals surface area contributed by atoms with Crippen LogP contribution in [0.5, 0.6) is 5.75 Å². The van der Waals surface area contributed by atoms with Gasteiger partial charge in [-0.05, 0) is 35.7 Å². The van der Waals surface area contributed by atoms with Gasteiger partial charge in [-0.15, -0.1) is 0 Å². The fourth-order valence-electron chi connectivity index (χ4n) is 2.31. The number of hydrogen-bond acceptors (Lipinski definition) is 6. The van der Waals surface area contributed by atoms with Crippen LogP contribution in [0.25, 0.3) is 0 Å². The third-order valence-corrected chi connectivity index (χ3v) is 3.60. The van der Waals surface area contributed by atoms with Gasteiger partial charge in [0, 0.05) is 12.4 Å². The summed E-state index contributed by atoms with van der Waals surface area (Å²) < 4.78 is 5.19. The lowest BCUT2D eigenvalue weighted by Crippen LogP contribution is -2.38. The molecule has 2 aromatic rings. The van der Waals surface area contributed by atoms with E-state index in [9.17, 15) is 9.59 Å². The molecule has 0 bridgehead atoms. The van der Waals surface area contributed by atoms with Crippen LogP contribution in [0.15, 0.2) is 48.8 Å². The van der Waals surface area contributed by atoms with Gasteiger partial charge in [0.25, 0.3) is 5.91 Å². The van der Waals surface area contributed by atoms with E-state index in [1.165, 1.54) is 13.3 Å². The van der Waals surface area contributed by atoms with Gasteiger partial charge in [0.05, 0.1) is 31.6 Å². The highest BCUT2D eigenvalue weighted by Crippen LogP contribution is 2.22. The summed E-state index contributed by atoms with van der Waals surface area (Å²) in [5, 5.41) is 22.9. The van der Waals surface area contributed by atoms with Gasteiger partial charge in [0.2, 0.25) is 5.91 Å². The minimum absolute atomic E-state index is 0.0775. The summed E-state index contributed by atoms with van der Waals surface area (Å²) in [5.74, 6) is 0.618. The Morgan fingerprint density at radius 2 is 1.87 bits per heavy atom. The molecule has 0 spiro atoms. The summed E-state index contributed by atoms with van der Waals surface area (Å²) in [5.41, 5.74) is 1.05. The second kappa shape index (κ2) is 13.3. The van der Waals surface area contributed by atoms with Gasteiger partial charge in [-0.3, -0.25) is 14.6 Å². The number of nitrogens with zero attached hydrogens (tertiary/aromatic N) is 1. The number of nitrogens with one attached hydrogen (secondary N) is 2. The average molecular weight is 415 g/mol. The zero-order valence-electron chi connectivity index (χ0n) is 17.8. The molecule has 0 radical (unpaired) electrons. The Hall–Kier alpha value is -2.91. The minimum atomic E-state index is -1.64. The van der Waals surface area contributed by atoms with Gasteiger partial charge in [-0.1, -0.05) is 32.9 Å². The van der Waals surface area contributed by atoms with Crippen molar-refractivity contribution in [1.82, 2.24) is 15.6 Å². The smallest absolute Gasteiger partial charge is 0.472 e. The number of carbonyl (C=O) groups is 2. The SMILES string of the molecule is CC(C)C.COc1cccc(C(CC(=O)NCB(O)O)NC(=O)c2cccnc2)c1. The Morgan fingerprint density at radius 1 is 1.17 bits per heavy atom. The van der Waals surface area contributed by atoms with E-state index in [4.69, 9.17) is 14.8 Å². The molecular formula is C21H30BN3O5. The van der Waals surface area contributed by atoms with E-state index >= 15 is 0 Å². The molecule has 0 fully saturated rings. The lowest BCUT2D eigenvalue weighted by Gasteiger charge is -2.19. The number of aromatic nitrogens is 1. The molecule has 162 valence electrons. The first-order chi connectivity index (χ1) is 14.2. The van der Waals surface area contributed by atoms with Gasteiger partial charge in [0.1, 0.15) is 5.75 Å². The predicted octanol–water partition coefficient (Wildman–Crippen LogP) is 1.74. The third kappa shape index (κ3) is 10.0. The Labute approximate surface area is 177 Å². The molecule has 0 saturated heterocycles. The van der Waals surface area contributed by atoms with Gasteiger partial charge in [-0.2, -0.15) is 0 Å². The predicted molar refractivity (Wildman–Crippen MR) is 116 cm³/mol. The number of methoxy groups -OCH3 is 1. The molecule has 9 heteroatoms. The maximum atomic E-state index is 12.4. The standard InChI is InChI=1S/C17H20BN3O5.C4H10/c1-26-14-6-2-4-12(8-14)15(9-16(22)20-11-18(24)25)21-17(23)13-5-3-7-19-10-13;1-4(2)3/h2-8,10,15,24-25H,9,11H2,1H3,(H,20,22)(H,21,23);4H,1-3H3. The first-order valence-corrected chi connectivity index (χ1v) is 9.70. The largest absolute Gasteiger partial charge is 0.497 e. The normalized spacial score (nSPS) is 11.0. The molecular weight excluding hydrogens is 385 g/mol. The van der Waals surface area contributed by atoms with Crippen LogP contribution >= 0.6 is 0 Å². The number of amides is 2. The van der Waals surface area contributed by atoms with Crippen LogP contribution in [0, 0.1) is 5.92 Å². The summed E-state index contributed by atoms with van der Waals surface area (Å²) in [4.78, 5) is 28.4. The topological polar surface area (TPSA) is 121 Å². The Morgan fingerprint density at radius 3 is 2.43 bits per heavy atom. The summed E-state index contributed by atoms with van der Waals surface area (Å²) in [7, 11) is -0.114. The highest BCUT2D eigenvalue weighted by atomic mass is 16.5. The first kappa shape index (κ1) is 25.1. The molecule has 0 aliphatic heterocycles. The minimum Gasteiger partial charge on any atom is -0.497 e. The number of pyridine rings is 1. The van der Waals surface area contributed by atoms with Crippen molar-refractivity contribution >= 4 is 18.9 Å². The van der Waals surface area contributed by atoms with Crippen molar-refractivity contribution in [2.24, 2.45) is 5.92 Å². The molecule has 2 rings (SSSR count). The second-order valence-electron chi connectivity index (χ2n) is 7.27. The second-order valence-corrected chi connectivity index (χ2v) is 7.27. The lowest BCUT2D eigenvalue weighted by molar-refractivity contribution is -0.121. The molecule has 1 unspecified atom stereocenters. The summed E-state index contributed by atoms with van der Waals surface area (Å²) in [6.07, 6.45) is 2.62. The molecule has 1 heterocycles. The Balaban J connectivity index is 0.00000103. The van der Waals surface area contributed by atoms with Crippen molar-refractivity contribution in [2.45, 2.75) is 33.2 Å². The number of ether oxygens (including phenoxy) is 1. The number of benzene rings is 1. The zero-order valence-corrected chi connectivity index (χ0v) is 17.8. The highest BCUT2D eigenvalue weighted by Gasteiger charge is 2.21. The van der Waals surface area contributed by atoms with Crippen LogP contribution in [-0.4, -0.2) is 47.5 Å². The van der Waals surface area contributed by atoms with E-state index in [0.717, 1.165) is 5.92 Å². The first-order valence-electron chi connectivity index (χ1n) is 9.70. The van der Waals surface area contributed by atoms with E-state index in [1.54, 1.807) is 42.6 Å². The van der Waals surface area contributed by atoms with Crippen LogP contribution < -0.4 is 15.4 Å². The molecule has 1 aromatic heterocycles. The number of hydrogen-bond donors (Lipinski definition) is 4. The van der Waals surface area contributed by atoms with Crippen molar-refractivity contribution in [3.05, 3.63) is 59.9 Å². The number of rotatable bonds is 8. The van der Waals surface area contributed by atoms with Crippen molar-refractivity contribution in [2.75, 3.05) is 13.6 Å². The van der Waals surface area contributed by atoms with Crippen molar-refractivity contribution in [1.29, 1.82) is 0 Å².